The molecule has 0 amide bonds. The Kier molecular flexibility index (Phi) is 10.9. The summed E-state index contributed by atoms with van der Waals surface area (Å²) in [6.07, 6.45) is 0. The summed E-state index contributed by atoms with van der Waals surface area (Å²) in [4.78, 5) is 12.3. The predicted molar refractivity (Wildman–Crippen MR) is 351 cm³/mol. The lowest BCUT2D eigenvalue weighted by Crippen LogP contribution is -2.64. The molecule has 5 heterocycles. The van der Waals surface area contributed by atoms with Gasteiger partial charge in [0.05, 0.1) is 16.4 Å². The van der Waals surface area contributed by atoms with Crippen LogP contribution in [0, 0.1) is 0 Å². The molecule has 4 aliphatic heterocycles. The zero-order valence-corrected chi connectivity index (χ0v) is 45.8. The van der Waals surface area contributed by atoms with Gasteiger partial charge in [0.1, 0.15) is 11.5 Å². The molecule has 388 valence electrons. The smallest absolute Gasteiger partial charge is 0.258 e. The van der Waals surface area contributed by atoms with Gasteiger partial charge in [0.15, 0.2) is 0 Å². The standard InChI is InChI=1S/C74H49B2N5OS/c1-8-26-50(27-9-1)77(51-28-10-2-11-29-51)57-44-65-72-66(45-57)80(55-36-18-6-19-37-55)64-49-68-62(48-61(64)75(72)60-41-23-24-42-63(60)79(65)54-34-16-5-17-35-54)76-71-59-40-22-25-43-70(59)83-74(71)81(56-38-20-7-21-39-56)67-46-58(47-69(82-68)73(67)76)78(52-30-12-3-13-31-52)53-32-14-4-15-33-53/h1-49H. The number of para-hydroxylation sites is 8. The molecule has 0 radical (unpaired) electrons. The minimum atomic E-state index is -0.172. The molecule has 4 aliphatic rings. The first-order valence-corrected chi connectivity index (χ1v) is 29.2. The van der Waals surface area contributed by atoms with Gasteiger partial charge in [-0.05, 0) is 153 Å². The normalized spacial score (nSPS) is 13.0. The van der Waals surface area contributed by atoms with E-state index < -0.39 is 0 Å². The lowest BCUT2D eigenvalue weighted by atomic mass is 9.30. The highest BCUT2D eigenvalue weighted by molar-refractivity contribution is 7.26. The number of benzene rings is 12. The molecule has 83 heavy (non-hydrogen) atoms. The van der Waals surface area contributed by atoms with E-state index >= 15 is 0 Å². The molecular weight excluding hydrogens is 1030 g/mol. The summed E-state index contributed by atoms with van der Waals surface area (Å²) in [6, 6.07) is 108. The Morgan fingerprint density at radius 3 is 1.27 bits per heavy atom. The number of ether oxygens (including phenoxy) is 1. The second-order valence-electron chi connectivity index (χ2n) is 21.6. The molecule has 0 saturated heterocycles. The summed E-state index contributed by atoms with van der Waals surface area (Å²) in [5.74, 6) is 1.68. The van der Waals surface area contributed by atoms with Gasteiger partial charge in [0, 0.05) is 85.1 Å². The molecule has 12 aromatic carbocycles. The van der Waals surface area contributed by atoms with Crippen LogP contribution < -0.4 is 62.0 Å². The predicted octanol–water partition coefficient (Wildman–Crippen LogP) is 16.3. The first-order valence-electron chi connectivity index (χ1n) is 28.4. The molecule has 0 saturated carbocycles. The number of rotatable bonds is 9. The number of thiophene rings is 1. The summed E-state index contributed by atoms with van der Waals surface area (Å²) < 4.78 is 9.00. The number of hydrogen-bond acceptors (Lipinski definition) is 7. The molecule has 17 rings (SSSR count). The van der Waals surface area contributed by atoms with Crippen LogP contribution in [-0.4, -0.2) is 13.4 Å². The maximum atomic E-state index is 7.75. The Labute approximate surface area is 487 Å². The average Bonchev–Trinajstić information content (AvgIpc) is 1.98. The second kappa shape index (κ2) is 19.1. The van der Waals surface area contributed by atoms with Crippen LogP contribution in [0.3, 0.4) is 0 Å². The van der Waals surface area contributed by atoms with Crippen LogP contribution in [0.15, 0.2) is 297 Å². The molecule has 1 aromatic heterocycles. The molecule has 0 aliphatic carbocycles. The highest BCUT2D eigenvalue weighted by Crippen LogP contribution is 2.52. The van der Waals surface area contributed by atoms with Crippen molar-refractivity contribution in [3.05, 3.63) is 297 Å². The monoisotopic (exact) mass is 1080 g/mol. The van der Waals surface area contributed by atoms with Gasteiger partial charge in [-0.15, -0.1) is 11.3 Å². The van der Waals surface area contributed by atoms with E-state index in [1.54, 1.807) is 0 Å². The number of nitrogens with zero attached hydrogens (tertiary/aromatic N) is 5. The molecule has 0 fully saturated rings. The van der Waals surface area contributed by atoms with Crippen LogP contribution in [-0.2, 0) is 0 Å². The van der Waals surface area contributed by atoms with Gasteiger partial charge in [0.2, 0.25) is 0 Å². The fourth-order valence-electron chi connectivity index (χ4n) is 13.6. The maximum absolute atomic E-state index is 7.75. The zero-order valence-electron chi connectivity index (χ0n) is 45.0. The lowest BCUT2D eigenvalue weighted by Gasteiger charge is -2.46. The summed E-state index contributed by atoms with van der Waals surface area (Å²) in [7, 11) is 0. The minimum Gasteiger partial charge on any atom is -0.458 e. The van der Waals surface area contributed by atoms with E-state index in [9.17, 15) is 0 Å². The van der Waals surface area contributed by atoms with E-state index in [1.807, 2.05) is 11.3 Å². The van der Waals surface area contributed by atoms with Gasteiger partial charge in [0.25, 0.3) is 13.4 Å². The topological polar surface area (TPSA) is 25.4 Å². The van der Waals surface area contributed by atoms with E-state index in [2.05, 4.69) is 322 Å². The van der Waals surface area contributed by atoms with E-state index in [-0.39, 0.29) is 13.4 Å². The summed E-state index contributed by atoms with van der Waals surface area (Å²) in [6.45, 7) is -0.321. The summed E-state index contributed by atoms with van der Waals surface area (Å²) in [5, 5.41) is 2.47. The Bertz CT molecular complexity index is 4550. The fourth-order valence-corrected chi connectivity index (χ4v) is 14.9. The molecule has 13 aromatic rings. The fraction of sp³-hybridized carbons (Fsp3) is 0. The largest absolute Gasteiger partial charge is 0.458 e. The first-order chi connectivity index (χ1) is 41.2. The number of hydrogen-bond donors (Lipinski definition) is 0. The second-order valence-corrected chi connectivity index (χ2v) is 22.6. The SMILES string of the molecule is c1ccc(N(c2ccccc2)c2cc3c4c(c2)N(c2ccccc2)c2sc5ccccc5c2B4c2cc4c(cc2O3)N(c2ccccc2)c2cc(N(c3ccccc3)c3ccccc3)cc3c2B4c2ccccc2N3c2ccccc2)cc1. The van der Waals surface area contributed by atoms with Gasteiger partial charge >= 0.3 is 0 Å². The lowest BCUT2D eigenvalue weighted by molar-refractivity contribution is 0.488. The van der Waals surface area contributed by atoms with Gasteiger partial charge in [-0.25, -0.2) is 0 Å². The highest BCUT2D eigenvalue weighted by Gasteiger charge is 2.49. The van der Waals surface area contributed by atoms with Crippen LogP contribution in [0.25, 0.3) is 10.1 Å². The number of anilines is 15. The van der Waals surface area contributed by atoms with Crippen molar-refractivity contribution in [2.45, 2.75) is 0 Å². The Hall–Kier alpha value is -10.5. The maximum Gasteiger partial charge on any atom is 0.258 e. The van der Waals surface area contributed by atoms with Crippen LogP contribution >= 0.6 is 11.3 Å². The van der Waals surface area contributed by atoms with Crippen molar-refractivity contribution in [3.8, 4) is 11.5 Å². The third-order valence-electron chi connectivity index (χ3n) is 17.0. The third-order valence-corrected chi connectivity index (χ3v) is 18.2. The third kappa shape index (κ3) is 7.44. The van der Waals surface area contributed by atoms with Crippen molar-refractivity contribution < 1.29 is 4.74 Å². The van der Waals surface area contributed by atoms with Crippen LogP contribution in [0.1, 0.15) is 0 Å². The molecular formula is C74H49B2N5OS. The van der Waals surface area contributed by atoms with Gasteiger partial charge in [-0.2, -0.15) is 0 Å². The van der Waals surface area contributed by atoms with Gasteiger partial charge < -0.3 is 29.2 Å². The number of fused-ring (bicyclic) bond motifs is 10. The summed E-state index contributed by atoms with van der Waals surface area (Å²) in [5.41, 5.74) is 22.5. The van der Waals surface area contributed by atoms with Crippen LogP contribution in [0.2, 0.25) is 0 Å². The van der Waals surface area contributed by atoms with Gasteiger partial charge in [-0.3, -0.25) is 0 Å². The highest BCUT2D eigenvalue weighted by atomic mass is 32.1. The van der Waals surface area contributed by atoms with Gasteiger partial charge in [-0.1, -0.05) is 170 Å². The van der Waals surface area contributed by atoms with E-state index in [0.29, 0.717) is 0 Å². The minimum absolute atomic E-state index is 0.149. The van der Waals surface area contributed by atoms with Crippen molar-refractivity contribution in [1.82, 2.24) is 0 Å². The first kappa shape index (κ1) is 47.3. The Morgan fingerprint density at radius 1 is 0.289 bits per heavy atom. The molecule has 0 N–H and O–H groups in total. The van der Waals surface area contributed by atoms with Crippen molar-refractivity contribution in [3.63, 3.8) is 0 Å². The molecule has 9 heteroatoms. The molecule has 6 nitrogen and oxygen atoms in total. The zero-order chi connectivity index (χ0) is 54.5. The average molecular weight is 1080 g/mol. The Morgan fingerprint density at radius 2 is 0.723 bits per heavy atom. The Balaban J connectivity index is 0.966. The molecule has 0 spiro atoms. The van der Waals surface area contributed by atoms with Crippen molar-refractivity contribution in [2.24, 2.45) is 0 Å². The molecule has 0 unspecified atom stereocenters. The quantitative estimate of drug-likeness (QED) is 0.134. The van der Waals surface area contributed by atoms with Crippen molar-refractivity contribution in [1.29, 1.82) is 0 Å². The van der Waals surface area contributed by atoms with Crippen LogP contribution in [0.4, 0.5) is 84.6 Å². The van der Waals surface area contributed by atoms with Crippen molar-refractivity contribution >= 4 is 152 Å². The van der Waals surface area contributed by atoms with E-state index in [1.165, 1.54) is 36.9 Å². The van der Waals surface area contributed by atoms with E-state index in [4.69, 9.17) is 4.74 Å². The van der Waals surface area contributed by atoms with E-state index in [0.717, 1.165) is 102 Å². The molecule has 0 bridgehead atoms. The molecule has 0 atom stereocenters. The summed E-state index contributed by atoms with van der Waals surface area (Å²) >= 11 is 1.87. The van der Waals surface area contributed by atoms with Crippen molar-refractivity contribution in [2.75, 3.05) is 24.5 Å². The van der Waals surface area contributed by atoms with Crippen LogP contribution in [0.5, 0.6) is 11.5 Å².